The summed E-state index contributed by atoms with van der Waals surface area (Å²) < 4.78 is 0. The third-order valence-corrected chi connectivity index (χ3v) is 4.76. The first-order valence-corrected chi connectivity index (χ1v) is 8.65. The molecule has 0 aliphatic carbocycles. The summed E-state index contributed by atoms with van der Waals surface area (Å²) in [6, 6.07) is 11.1. The number of aromatic nitrogens is 2. The molecule has 2 heterocycles. The fourth-order valence-corrected chi connectivity index (χ4v) is 3.52. The van der Waals surface area contributed by atoms with Crippen LogP contribution in [0.3, 0.4) is 0 Å². The number of hydrogen-bond acceptors (Lipinski definition) is 6. The minimum atomic E-state index is -0.361. The molecule has 1 atom stereocenters. The molecule has 1 aliphatic heterocycles. The molecule has 24 heavy (non-hydrogen) atoms. The van der Waals surface area contributed by atoms with Gasteiger partial charge in [-0.3, -0.25) is 9.79 Å². The lowest BCUT2D eigenvalue weighted by Crippen LogP contribution is -2.28. The third kappa shape index (κ3) is 3.56. The van der Waals surface area contributed by atoms with Crippen LogP contribution in [0.15, 0.2) is 41.4 Å². The van der Waals surface area contributed by atoms with Gasteiger partial charge >= 0.3 is 0 Å². The number of aryl methyl sites for hydroxylation is 1. The second-order valence-electron chi connectivity index (χ2n) is 5.92. The van der Waals surface area contributed by atoms with Crippen molar-refractivity contribution in [3.63, 3.8) is 0 Å². The van der Waals surface area contributed by atoms with Gasteiger partial charge in [0.25, 0.3) is 5.91 Å². The summed E-state index contributed by atoms with van der Waals surface area (Å²) in [7, 11) is 0. The van der Waals surface area contributed by atoms with Gasteiger partial charge in [-0.15, -0.1) is 5.10 Å². The lowest BCUT2D eigenvalue weighted by atomic mass is 9.89. The Morgan fingerprint density at radius 3 is 2.83 bits per heavy atom. The van der Waals surface area contributed by atoms with E-state index in [0.29, 0.717) is 10.9 Å². The van der Waals surface area contributed by atoms with E-state index >= 15 is 0 Å². The monoisotopic (exact) mass is 341 g/mol. The van der Waals surface area contributed by atoms with Crippen molar-refractivity contribution in [3.8, 4) is 0 Å². The summed E-state index contributed by atoms with van der Waals surface area (Å²) in [5, 5.41) is 11.3. The SMILES string of the molecule is Cc1ccc(C(=O)Nc2cccc(C3(C)CCSC(N)=N3)c2)nn1. The molecule has 0 spiro atoms. The Morgan fingerprint density at radius 1 is 1.29 bits per heavy atom. The zero-order chi connectivity index (χ0) is 17.2. The Labute approximate surface area is 145 Å². The highest BCUT2D eigenvalue weighted by Gasteiger charge is 2.29. The van der Waals surface area contributed by atoms with Gasteiger partial charge in [0, 0.05) is 11.4 Å². The first kappa shape index (κ1) is 16.4. The van der Waals surface area contributed by atoms with Crippen LogP contribution in [0.5, 0.6) is 0 Å². The Balaban J connectivity index is 1.82. The summed E-state index contributed by atoms with van der Waals surface area (Å²) in [4.78, 5) is 16.9. The van der Waals surface area contributed by atoms with E-state index in [4.69, 9.17) is 5.73 Å². The van der Waals surface area contributed by atoms with Gasteiger partial charge in [-0.2, -0.15) is 5.10 Å². The van der Waals surface area contributed by atoms with Crippen LogP contribution in [0.4, 0.5) is 5.69 Å². The highest BCUT2D eigenvalue weighted by molar-refractivity contribution is 8.13. The summed E-state index contributed by atoms with van der Waals surface area (Å²) in [6.07, 6.45) is 0.902. The average molecular weight is 341 g/mol. The molecule has 0 saturated heterocycles. The lowest BCUT2D eigenvalue weighted by Gasteiger charge is -2.30. The van der Waals surface area contributed by atoms with Crippen molar-refractivity contribution in [1.29, 1.82) is 0 Å². The average Bonchev–Trinajstić information content (AvgIpc) is 2.55. The maximum atomic E-state index is 12.3. The van der Waals surface area contributed by atoms with Crippen molar-refractivity contribution in [2.24, 2.45) is 10.7 Å². The molecule has 7 heteroatoms. The smallest absolute Gasteiger partial charge is 0.276 e. The maximum absolute atomic E-state index is 12.3. The van der Waals surface area contributed by atoms with Crippen molar-refractivity contribution < 1.29 is 4.79 Å². The molecule has 1 aromatic heterocycles. The Kier molecular flexibility index (Phi) is 4.53. The van der Waals surface area contributed by atoms with Gasteiger partial charge in [-0.1, -0.05) is 23.9 Å². The van der Waals surface area contributed by atoms with E-state index in [2.05, 4.69) is 27.4 Å². The minimum absolute atomic E-state index is 0.285. The molecule has 3 N–H and O–H groups in total. The lowest BCUT2D eigenvalue weighted by molar-refractivity contribution is 0.102. The number of amidine groups is 1. The van der Waals surface area contributed by atoms with Crippen LogP contribution in [0.25, 0.3) is 0 Å². The number of benzene rings is 1. The highest BCUT2D eigenvalue weighted by Crippen LogP contribution is 2.35. The zero-order valence-electron chi connectivity index (χ0n) is 13.6. The molecule has 1 unspecified atom stereocenters. The topological polar surface area (TPSA) is 93.3 Å². The Morgan fingerprint density at radius 2 is 2.12 bits per heavy atom. The van der Waals surface area contributed by atoms with Crippen molar-refractivity contribution in [2.45, 2.75) is 25.8 Å². The van der Waals surface area contributed by atoms with Crippen LogP contribution in [0.1, 0.15) is 35.1 Å². The molecule has 0 fully saturated rings. The molecule has 3 rings (SSSR count). The van der Waals surface area contributed by atoms with E-state index in [-0.39, 0.29) is 17.1 Å². The van der Waals surface area contributed by atoms with E-state index in [1.165, 1.54) is 0 Å². The van der Waals surface area contributed by atoms with Crippen molar-refractivity contribution in [2.75, 3.05) is 11.1 Å². The molecular formula is C17H19N5OS. The normalized spacial score (nSPS) is 20.3. The number of nitrogens with two attached hydrogens (primary N) is 1. The number of carbonyl (C=O) groups is 1. The standard InChI is InChI=1S/C17H19N5OS/c1-11-6-7-14(22-21-11)15(23)19-13-5-3-4-12(10-13)17(2)8-9-24-16(18)20-17/h3-7,10H,8-9H2,1-2H3,(H2,18,20)(H,19,23). The number of amides is 1. The minimum Gasteiger partial charge on any atom is -0.379 e. The van der Waals surface area contributed by atoms with Gasteiger partial charge in [0.1, 0.15) is 0 Å². The van der Waals surface area contributed by atoms with Crippen molar-refractivity contribution in [3.05, 3.63) is 53.3 Å². The predicted molar refractivity (Wildman–Crippen MR) is 97.2 cm³/mol. The van der Waals surface area contributed by atoms with Crippen LogP contribution < -0.4 is 11.1 Å². The first-order valence-electron chi connectivity index (χ1n) is 7.67. The Bertz CT molecular complexity index is 790. The number of anilines is 1. The van der Waals surface area contributed by atoms with Gasteiger partial charge in [0.2, 0.25) is 0 Å². The number of thioether (sulfide) groups is 1. The molecular weight excluding hydrogens is 322 g/mol. The van der Waals surface area contributed by atoms with E-state index in [0.717, 1.165) is 23.4 Å². The summed E-state index contributed by atoms with van der Waals surface area (Å²) in [6.45, 7) is 3.89. The first-order chi connectivity index (χ1) is 11.5. The molecule has 1 aliphatic rings. The van der Waals surface area contributed by atoms with Crippen LogP contribution in [0, 0.1) is 6.92 Å². The van der Waals surface area contributed by atoms with Gasteiger partial charge in [-0.25, -0.2) is 0 Å². The molecule has 124 valence electrons. The molecule has 0 radical (unpaired) electrons. The van der Waals surface area contributed by atoms with Gasteiger partial charge in [-0.05, 0) is 50.1 Å². The van der Waals surface area contributed by atoms with E-state index < -0.39 is 0 Å². The molecule has 1 amide bonds. The number of hydrogen-bond donors (Lipinski definition) is 2. The van der Waals surface area contributed by atoms with Crippen LogP contribution in [-0.4, -0.2) is 27.0 Å². The second kappa shape index (κ2) is 6.60. The molecule has 0 saturated carbocycles. The third-order valence-electron chi connectivity index (χ3n) is 3.97. The molecule has 1 aromatic carbocycles. The largest absolute Gasteiger partial charge is 0.379 e. The predicted octanol–water partition coefficient (Wildman–Crippen LogP) is 2.70. The van der Waals surface area contributed by atoms with Gasteiger partial charge < -0.3 is 11.1 Å². The van der Waals surface area contributed by atoms with Crippen molar-refractivity contribution in [1.82, 2.24) is 10.2 Å². The molecule has 2 aromatic rings. The van der Waals surface area contributed by atoms with E-state index in [9.17, 15) is 4.79 Å². The number of aliphatic imine (C=N–C) groups is 1. The van der Waals surface area contributed by atoms with Gasteiger partial charge in [0.15, 0.2) is 10.9 Å². The second-order valence-corrected chi connectivity index (χ2v) is 7.03. The fraction of sp³-hybridized carbons (Fsp3) is 0.294. The number of nitrogens with one attached hydrogen (secondary N) is 1. The van der Waals surface area contributed by atoms with Crippen LogP contribution in [-0.2, 0) is 5.54 Å². The Hall–Kier alpha value is -2.41. The number of nitrogens with zero attached hydrogens (tertiary/aromatic N) is 3. The molecule has 0 bridgehead atoms. The summed E-state index contributed by atoms with van der Waals surface area (Å²) >= 11 is 1.57. The highest BCUT2D eigenvalue weighted by atomic mass is 32.2. The maximum Gasteiger partial charge on any atom is 0.276 e. The summed E-state index contributed by atoms with van der Waals surface area (Å²) in [5.74, 6) is 0.647. The van der Waals surface area contributed by atoms with Crippen LogP contribution >= 0.6 is 11.8 Å². The van der Waals surface area contributed by atoms with Crippen LogP contribution in [0.2, 0.25) is 0 Å². The summed E-state index contributed by atoms with van der Waals surface area (Å²) in [5.41, 5.74) is 8.31. The number of carbonyl (C=O) groups excluding carboxylic acids is 1. The number of rotatable bonds is 3. The van der Waals surface area contributed by atoms with Gasteiger partial charge in [0.05, 0.1) is 11.2 Å². The van der Waals surface area contributed by atoms with E-state index in [1.807, 2.05) is 31.2 Å². The molecule has 6 nitrogen and oxygen atoms in total. The quantitative estimate of drug-likeness (QED) is 0.895. The zero-order valence-corrected chi connectivity index (χ0v) is 14.4. The fourth-order valence-electron chi connectivity index (χ4n) is 2.54. The van der Waals surface area contributed by atoms with E-state index in [1.54, 1.807) is 23.9 Å². The van der Waals surface area contributed by atoms with Crippen molar-refractivity contribution >= 4 is 28.5 Å².